The quantitative estimate of drug-likeness (QED) is 0.326. The summed E-state index contributed by atoms with van der Waals surface area (Å²) >= 11 is 0. The molecule has 7 heteroatoms. The number of amides is 1. The number of benzene rings is 3. The van der Waals surface area contributed by atoms with Crippen LogP contribution < -0.4 is 0 Å². The van der Waals surface area contributed by atoms with Crippen LogP contribution in [0.15, 0.2) is 91.3 Å². The predicted molar refractivity (Wildman–Crippen MR) is 146 cm³/mol. The Kier molecular flexibility index (Phi) is 6.01. The summed E-state index contributed by atoms with van der Waals surface area (Å²) in [6, 6.07) is 26.0. The number of nitrogens with zero attached hydrogens (tertiary/aromatic N) is 3. The number of morpholine rings is 1. The molecule has 2 atom stereocenters. The molecule has 0 radical (unpaired) electrons. The van der Waals surface area contributed by atoms with Gasteiger partial charge in [0, 0.05) is 18.0 Å². The van der Waals surface area contributed by atoms with Gasteiger partial charge < -0.3 is 9.47 Å². The Balaban J connectivity index is 1.04. The second-order valence-corrected chi connectivity index (χ2v) is 10.6. The van der Waals surface area contributed by atoms with Gasteiger partial charge >= 0.3 is 6.09 Å². The molecule has 2 unspecified atom stereocenters. The molecule has 0 saturated carbocycles. The average Bonchev–Trinajstić information content (AvgIpc) is 3.59. The summed E-state index contributed by atoms with van der Waals surface area (Å²) < 4.78 is 13.5. The first kappa shape index (κ1) is 23.9. The van der Waals surface area contributed by atoms with Gasteiger partial charge in [0.15, 0.2) is 5.78 Å². The number of fused-ring (bicyclic) bond motifs is 5. The lowest BCUT2D eigenvalue weighted by Gasteiger charge is -2.47. The van der Waals surface area contributed by atoms with Crippen LogP contribution in [0, 0.1) is 5.92 Å². The zero-order chi connectivity index (χ0) is 26.3. The van der Waals surface area contributed by atoms with Crippen molar-refractivity contribution in [2.45, 2.75) is 30.8 Å². The Morgan fingerprint density at radius 3 is 2.13 bits per heavy atom. The van der Waals surface area contributed by atoms with Crippen molar-refractivity contribution in [3.63, 3.8) is 0 Å². The topological polar surface area (TPSA) is 73.7 Å². The highest BCUT2D eigenvalue weighted by molar-refractivity contribution is 5.97. The lowest BCUT2D eigenvalue weighted by molar-refractivity contribution is -0.0747. The number of hydrogen-bond acceptors (Lipinski definition) is 5. The van der Waals surface area contributed by atoms with Crippen LogP contribution in [0.3, 0.4) is 0 Å². The van der Waals surface area contributed by atoms with Crippen molar-refractivity contribution in [3.8, 4) is 16.8 Å². The van der Waals surface area contributed by atoms with Gasteiger partial charge in [-0.1, -0.05) is 66.7 Å². The van der Waals surface area contributed by atoms with E-state index in [1.165, 1.54) is 22.3 Å². The largest absolute Gasteiger partial charge is 0.448 e. The Hall–Kier alpha value is -4.23. The number of Topliss-reactive ketones (excluding diaryl/α,β-unsaturated/α-hetero) is 1. The van der Waals surface area contributed by atoms with Gasteiger partial charge in [-0.05, 0) is 47.2 Å². The Bertz CT molecular complexity index is 1470. The molecule has 1 amide bonds. The van der Waals surface area contributed by atoms with E-state index < -0.39 is 0 Å². The third kappa shape index (κ3) is 4.23. The number of ketones is 1. The fourth-order valence-electron chi connectivity index (χ4n) is 6.50. The highest BCUT2D eigenvalue weighted by atomic mass is 16.6. The summed E-state index contributed by atoms with van der Waals surface area (Å²) in [5.41, 5.74) is 6.29. The summed E-state index contributed by atoms with van der Waals surface area (Å²) in [6.07, 6.45) is 4.21. The maximum Gasteiger partial charge on any atom is 0.410 e. The van der Waals surface area contributed by atoms with Gasteiger partial charge in [0.25, 0.3) is 0 Å². The Morgan fingerprint density at radius 1 is 0.846 bits per heavy atom. The first-order valence-corrected chi connectivity index (χ1v) is 13.5. The Morgan fingerprint density at radius 2 is 1.46 bits per heavy atom. The number of hydrogen-bond donors (Lipinski definition) is 0. The van der Waals surface area contributed by atoms with Gasteiger partial charge in [0.1, 0.15) is 6.61 Å². The molecular formula is C32H29N3O4. The Labute approximate surface area is 227 Å². The number of carbonyl (C=O) groups excluding carboxylic acids is 2. The second-order valence-electron chi connectivity index (χ2n) is 10.6. The molecule has 4 aromatic rings. The lowest BCUT2D eigenvalue weighted by Crippen LogP contribution is -2.60. The van der Waals surface area contributed by atoms with Crippen LogP contribution in [0.2, 0.25) is 0 Å². The predicted octanol–water partition coefficient (Wildman–Crippen LogP) is 5.48. The number of piperidine rings is 1. The van der Waals surface area contributed by atoms with Gasteiger partial charge in [-0.2, -0.15) is 5.10 Å². The minimum atomic E-state index is -0.321. The maximum atomic E-state index is 13.5. The molecule has 1 aliphatic carbocycles. The molecule has 2 aliphatic heterocycles. The molecule has 3 heterocycles. The van der Waals surface area contributed by atoms with E-state index in [0.717, 1.165) is 5.69 Å². The average molecular weight is 520 g/mol. The van der Waals surface area contributed by atoms with E-state index in [1.807, 2.05) is 59.5 Å². The van der Waals surface area contributed by atoms with Crippen LogP contribution in [0.25, 0.3) is 16.8 Å². The molecule has 1 aromatic heterocycles. The van der Waals surface area contributed by atoms with E-state index in [2.05, 4.69) is 29.4 Å². The standard InChI is InChI=1S/C32H29N3O4/c36-31(22-16-33-34(17-22)23-8-2-1-3-9-23)21-14-24-18-38-19-25(15-21)35(24)32(37)39-20-30-28-12-6-4-10-26(28)27-11-5-7-13-29(27)30/h1-13,16-17,21,24-25,30H,14-15,18-20H2. The van der Waals surface area contributed by atoms with Crippen molar-refractivity contribution in [1.29, 1.82) is 0 Å². The van der Waals surface area contributed by atoms with E-state index in [1.54, 1.807) is 17.1 Å². The van der Waals surface area contributed by atoms with Crippen molar-refractivity contribution in [2.75, 3.05) is 19.8 Å². The summed E-state index contributed by atoms with van der Waals surface area (Å²) in [6.45, 7) is 1.10. The summed E-state index contributed by atoms with van der Waals surface area (Å²) in [4.78, 5) is 28.7. The normalized spacial score (nSPS) is 21.7. The molecule has 0 N–H and O–H groups in total. The van der Waals surface area contributed by atoms with Crippen LogP contribution in [0.4, 0.5) is 4.79 Å². The number of para-hydroxylation sites is 1. The molecule has 7 rings (SSSR count). The van der Waals surface area contributed by atoms with Gasteiger partial charge in [-0.25, -0.2) is 9.48 Å². The van der Waals surface area contributed by atoms with Gasteiger partial charge in [-0.3, -0.25) is 9.69 Å². The minimum Gasteiger partial charge on any atom is -0.448 e. The highest BCUT2D eigenvalue weighted by Crippen LogP contribution is 2.44. The number of carbonyl (C=O) groups is 2. The molecule has 2 fully saturated rings. The molecule has 2 bridgehead atoms. The van der Waals surface area contributed by atoms with E-state index in [0.29, 0.717) is 31.6 Å². The van der Waals surface area contributed by atoms with Gasteiger partial charge in [0.05, 0.1) is 42.7 Å². The van der Waals surface area contributed by atoms with Crippen LogP contribution in [-0.2, 0) is 9.47 Å². The summed E-state index contributed by atoms with van der Waals surface area (Å²) in [5.74, 6) is -0.103. The van der Waals surface area contributed by atoms with Crippen molar-refractivity contribution in [1.82, 2.24) is 14.7 Å². The van der Waals surface area contributed by atoms with E-state index in [4.69, 9.17) is 9.47 Å². The van der Waals surface area contributed by atoms with Gasteiger partial charge in [-0.15, -0.1) is 0 Å². The number of aromatic nitrogens is 2. The maximum absolute atomic E-state index is 13.5. The first-order chi connectivity index (χ1) is 19.2. The van der Waals surface area contributed by atoms with E-state index >= 15 is 0 Å². The number of ether oxygens (including phenoxy) is 2. The molecule has 0 spiro atoms. The van der Waals surface area contributed by atoms with Crippen LogP contribution in [0.5, 0.6) is 0 Å². The third-order valence-corrected chi connectivity index (χ3v) is 8.33. The second kappa shape index (κ2) is 9.82. The zero-order valence-corrected chi connectivity index (χ0v) is 21.5. The van der Waals surface area contributed by atoms with E-state index in [9.17, 15) is 9.59 Å². The fraction of sp³-hybridized carbons (Fsp3) is 0.281. The van der Waals surface area contributed by atoms with Crippen molar-refractivity contribution in [2.24, 2.45) is 5.92 Å². The molecule has 2 saturated heterocycles. The zero-order valence-electron chi connectivity index (χ0n) is 21.5. The molecule has 39 heavy (non-hydrogen) atoms. The summed E-state index contributed by atoms with van der Waals surface area (Å²) in [7, 11) is 0. The number of rotatable bonds is 5. The molecular weight excluding hydrogens is 490 g/mol. The third-order valence-electron chi connectivity index (χ3n) is 8.33. The molecule has 3 aromatic carbocycles. The highest BCUT2D eigenvalue weighted by Gasteiger charge is 2.45. The molecule has 196 valence electrons. The van der Waals surface area contributed by atoms with Crippen molar-refractivity contribution in [3.05, 3.63) is 108 Å². The van der Waals surface area contributed by atoms with Crippen molar-refractivity contribution >= 4 is 11.9 Å². The minimum absolute atomic E-state index is 0.0118. The van der Waals surface area contributed by atoms with Crippen LogP contribution in [-0.4, -0.2) is 58.5 Å². The van der Waals surface area contributed by atoms with Crippen molar-refractivity contribution < 1.29 is 19.1 Å². The van der Waals surface area contributed by atoms with Gasteiger partial charge in [0.2, 0.25) is 0 Å². The SMILES string of the molecule is O=C(c1cnn(-c2ccccc2)c1)C1CC2COCC(C1)N2C(=O)OCC1c2ccccc2-c2ccccc21. The smallest absolute Gasteiger partial charge is 0.410 e. The fourth-order valence-corrected chi connectivity index (χ4v) is 6.50. The van der Waals surface area contributed by atoms with Crippen LogP contribution in [0.1, 0.15) is 40.2 Å². The summed E-state index contributed by atoms with van der Waals surface area (Å²) in [5, 5.41) is 4.40. The molecule has 7 nitrogen and oxygen atoms in total. The monoisotopic (exact) mass is 519 g/mol. The van der Waals surface area contributed by atoms with Crippen LogP contribution >= 0.6 is 0 Å². The first-order valence-electron chi connectivity index (χ1n) is 13.5. The molecule has 3 aliphatic rings. The van der Waals surface area contributed by atoms with E-state index in [-0.39, 0.29) is 42.4 Å². The lowest BCUT2D eigenvalue weighted by atomic mass is 9.81.